The van der Waals surface area contributed by atoms with Gasteiger partial charge >= 0.3 is 5.97 Å². The molecule has 0 aliphatic carbocycles. The van der Waals surface area contributed by atoms with Gasteiger partial charge < -0.3 is 15.0 Å². The number of benzene rings is 1. The second-order valence-electron chi connectivity index (χ2n) is 6.04. The van der Waals surface area contributed by atoms with Crippen LogP contribution in [0.25, 0.3) is 5.69 Å². The van der Waals surface area contributed by atoms with Gasteiger partial charge in [0.1, 0.15) is 11.4 Å². The van der Waals surface area contributed by atoms with E-state index in [1.54, 1.807) is 41.2 Å². The van der Waals surface area contributed by atoms with Crippen LogP contribution in [0.1, 0.15) is 34.0 Å². The summed E-state index contributed by atoms with van der Waals surface area (Å²) in [5.41, 5.74) is 2.40. The molecule has 0 radical (unpaired) electrons. The Labute approximate surface area is 147 Å². The lowest BCUT2D eigenvalue weighted by molar-refractivity contribution is -0.116. The highest BCUT2D eigenvalue weighted by Gasteiger charge is 2.34. The van der Waals surface area contributed by atoms with Crippen molar-refractivity contribution >= 4 is 17.6 Å². The molecule has 130 valence electrons. The van der Waals surface area contributed by atoms with Crippen molar-refractivity contribution in [3.8, 4) is 5.69 Å². The Kier molecular flexibility index (Phi) is 3.76. The molecule has 2 aromatic heterocycles. The highest BCUT2D eigenvalue weighted by Crippen LogP contribution is 2.41. The minimum absolute atomic E-state index is 0.00330. The monoisotopic (exact) mass is 351 g/mol. The molecule has 1 aliphatic rings. The van der Waals surface area contributed by atoms with Crippen LogP contribution < -0.4 is 5.32 Å². The third-order valence-electron chi connectivity index (χ3n) is 4.47. The standard InChI is InChI=1S/C19H14FN3O3/c20-12-1-3-13(4-2-12)23-10-15(19(25)26)17-18(23)14(9-16(24)22-17)11-5-7-21-8-6-11/h1-8,10,14H,9H2,(H,22,24)(H,25,26)/t14-/m1/s1. The van der Waals surface area contributed by atoms with Crippen molar-refractivity contribution in [1.29, 1.82) is 0 Å². The van der Waals surface area contributed by atoms with Gasteiger partial charge in [-0.25, -0.2) is 9.18 Å². The minimum atomic E-state index is -1.14. The molecule has 1 amide bonds. The smallest absolute Gasteiger partial charge is 0.339 e. The molecule has 3 aromatic rings. The first-order valence-corrected chi connectivity index (χ1v) is 7.99. The fourth-order valence-corrected chi connectivity index (χ4v) is 3.32. The molecule has 1 atom stereocenters. The van der Waals surface area contributed by atoms with Gasteiger partial charge in [-0.2, -0.15) is 0 Å². The van der Waals surface area contributed by atoms with Crippen molar-refractivity contribution in [2.24, 2.45) is 0 Å². The zero-order chi connectivity index (χ0) is 18.3. The lowest BCUT2D eigenvalue weighted by Crippen LogP contribution is -2.25. The van der Waals surface area contributed by atoms with Gasteiger partial charge in [-0.05, 0) is 42.0 Å². The largest absolute Gasteiger partial charge is 0.478 e. The first kappa shape index (κ1) is 16.0. The highest BCUT2D eigenvalue weighted by molar-refractivity contribution is 6.04. The summed E-state index contributed by atoms with van der Waals surface area (Å²) in [5, 5.41) is 12.2. The fraction of sp³-hybridized carbons (Fsp3) is 0.105. The van der Waals surface area contributed by atoms with Crippen LogP contribution in [0, 0.1) is 5.82 Å². The third kappa shape index (κ3) is 2.63. The summed E-state index contributed by atoms with van der Waals surface area (Å²) in [6.45, 7) is 0. The first-order chi connectivity index (χ1) is 12.5. The number of aromatic carboxylic acids is 1. The third-order valence-corrected chi connectivity index (χ3v) is 4.47. The van der Waals surface area contributed by atoms with Crippen molar-refractivity contribution in [3.05, 3.63) is 77.6 Å². The van der Waals surface area contributed by atoms with E-state index in [1.165, 1.54) is 18.3 Å². The Morgan fingerprint density at radius 3 is 2.54 bits per heavy atom. The molecule has 3 heterocycles. The quantitative estimate of drug-likeness (QED) is 0.759. The van der Waals surface area contributed by atoms with Crippen LogP contribution in [-0.2, 0) is 4.79 Å². The van der Waals surface area contributed by atoms with E-state index in [-0.39, 0.29) is 35.3 Å². The number of nitrogens with zero attached hydrogens (tertiary/aromatic N) is 2. The van der Waals surface area contributed by atoms with E-state index in [1.807, 2.05) is 0 Å². The number of rotatable bonds is 3. The molecule has 2 N–H and O–H groups in total. The summed E-state index contributed by atoms with van der Waals surface area (Å²) in [6.07, 6.45) is 4.90. The Hall–Kier alpha value is -3.48. The maximum absolute atomic E-state index is 13.3. The minimum Gasteiger partial charge on any atom is -0.478 e. The van der Waals surface area contributed by atoms with Gasteiger partial charge in [-0.15, -0.1) is 0 Å². The summed E-state index contributed by atoms with van der Waals surface area (Å²) in [5.74, 6) is -2.11. The van der Waals surface area contributed by atoms with E-state index in [9.17, 15) is 19.1 Å². The number of hydrogen-bond acceptors (Lipinski definition) is 3. The maximum atomic E-state index is 13.3. The number of anilines is 1. The predicted octanol–water partition coefficient (Wildman–Crippen LogP) is 3.18. The molecule has 0 saturated carbocycles. The van der Waals surface area contributed by atoms with E-state index in [0.29, 0.717) is 11.4 Å². The number of carbonyl (C=O) groups is 2. The van der Waals surface area contributed by atoms with Crippen molar-refractivity contribution in [2.45, 2.75) is 12.3 Å². The van der Waals surface area contributed by atoms with Crippen LogP contribution in [0.2, 0.25) is 0 Å². The molecule has 0 saturated heterocycles. The molecule has 6 nitrogen and oxygen atoms in total. The van der Waals surface area contributed by atoms with Crippen LogP contribution in [0.15, 0.2) is 55.0 Å². The van der Waals surface area contributed by atoms with Crippen LogP contribution in [0.4, 0.5) is 10.1 Å². The Balaban J connectivity index is 1.97. The number of halogens is 1. The van der Waals surface area contributed by atoms with E-state index in [4.69, 9.17) is 0 Å². The first-order valence-electron chi connectivity index (χ1n) is 7.99. The van der Waals surface area contributed by atoms with Gasteiger partial charge in [0.15, 0.2) is 0 Å². The van der Waals surface area contributed by atoms with E-state index in [2.05, 4.69) is 10.3 Å². The number of carboxylic acid groups (broad SMARTS) is 1. The van der Waals surface area contributed by atoms with Gasteiger partial charge in [0.25, 0.3) is 0 Å². The highest BCUT2D eigenvalue weighted by atomic mass is 19.1. The lowest BCUT2D eigenvalue weighted by atomic mass is 9.89. The molecule has 1 aliphatic heterocycles. The predicted molar refractivity (Wildman–Crippen MR) is 92.0 cm³/mol. The molecule has 0 unspecified atom stereocenters. The normalized spacial score (nSPS) is 16.0. The molecule has 4 rings (SSSR count). The topological polar surface area (TPSA) is 84.2 Å². The average molecular weight is 351 g/mol. The molecular weight excluding hydrogens is 337 g/mol. The molecule has 0 fully saturated rings. The van der Waals surface area contributed by atoms with Crippen LogP contribution in [0.3, 0.4) is 0 Å². The van der Waals surface area contributed by atoms with Gasteiger partial charge in [0.2, 0.25) is 5.91 Å². The number of amides is 1. The summed E-state index contributed by atoms with van der Waals surface area (Å²) in [7, 11) is 0. The van der Waals surface area contributed by atoms with E-state index in [0.717, 1.165) is 5.56 Å². The van der Waals surface area contributed by atoms with Crippen molar-refractivity contribution in [2.75, 3.05) is 5.32 Å². The Bertz CT molecular complexity index is 997. The average Bonchev–Trinajstić information content (AvgIpc) is 3.02. The summed E-state index contributed by atoms with van der Waals surface area (Å²) < 4.78 is 15.0. The van der Waals surface area contributed by atoms with Gasteiger partial charge in [-0.3, -0.25) is 9.78 Å². The molecular formula is C19H14FN3O3. The second kappa shape index (κ2) is 6.11. The van der Waals surface area contributed by atoms with Crippen molar-refractivity contribution in [1.82, 2.24) is 9.55 Å². The van der Waals surface area contributed by atoms with Gasteiger partial charge in [0.05, 0.1) is 11.4 Å². The number of fused-ring (bicyclic) bond motifs is 1. The molecule has 26 heavy (non-hydrogen) atoms. The number of pyridine rings is 1. The summed E-state index contributed by atoms with van der Waals surface area (Å²) >= 11 is 0. The fourth-order valence-electron chi connectivity index (χ4n) is 3.32. The summed E-state index contributed by atoms with van der Waals surface area (Å²) in [4.78, 5) is 27.9. The van der Waals surface area contributed by atoms with E-state index < -0.39 is 5.97 Å². The van der Waals surface area contributed by atoms with Crippen molar-refractivity contribution in [3.63, 3.8) is 0 Å². The Morgan fingerprint density at radius 2 is 1.88 bits per heavy atom. The van der Waals surface area contributed by atoms with Crippen LogP contribution in [-0.4, -0.2) is 26.5 Å². The number of carboxylic acids is 1. The van der Waals surface area contributed by atoms with Gasteiger partial charge in [0, 0.05) is 36.6 Å². The van der Waals surface area contributed by atoms with Crippen LogP contribution >= 0.6 is 0 Å². The van der Waals surface area contributed by atoms with Gasteiger partial charge in [-0.1, -0.05) is 0 Å². The molecule has 7 heteroatoms. The molecule has 0 spiro atoms. The molecule has 1 aromatic carbocycles. The number of carbonyl (C=O) groups excluding carboxylic acids is 1. The van der Waals surface area contributed by atoms with Crippen LogP contribution in [0.5, 0.6) is 0 Å². The Morgan fingerprint density at radius 1 is 1.19 bits per heavy atom. The SMILES string of the molecule is O=C1C[C@H](c2ccncc2)c2c(c(C(=O)O)cn2-c2ccc(F)cc2)N1. The summed E-state index contributed by atoms with van der Waals surface area (Å²) in [6, 6.07) is 9.36. The molecule has 0 bridgehead atoms. The number of hydrogen-bond donors (Lipinski definition) is 2. The lowest BCUT2D eigenvalue weighted by Gasteiger charge is -2.26. The zero-order valence-electron chi connectivity index (χ0n) is 13.5. The number of nitrogens with one attached hydrogen (secondary N) is 1. The second-order valence-corrected chi connectivity index (χ2v) is 6.04. The zero-order valence-corrected chi connectivity index (χ0v) is 13.5. The number of aromatic nitrogens is 2. The van der Waals surface area contributed by atoms with E-state index >= 15 is 0 Å². The van der Waals surface area contributed by atoms with Crippen molar-refractivity contribution < 1.29 is 19.1 Å². The maximum Gasteiger partial charge on any atom is 0.339 e.